The highest BCUT2D eigenvalue weighted by atomic mass is 16.5. The molecule has 114 valence electrons. The Morgan fingerprint density at radius 2 is 1.96 bits per heavy atom. The van der Waals surface area contributed by atoms with E-state index in [9.17, 15) is 10.3 Å². The number of hydrogen-bond acceptors (Lipinski definition) is 3. The highest BCUT2D eigenvalue weighted by Gasteiger charge is 2.12. The Bertz CT molecular complexity index is 1040. The van der Waals surface area contributed by atoms with Crippen molar-refractivity contribution in [3.8, 4) is 17.3 Å². The molecule has 0 saturated carbocycles. The molecule has 4 rings (SSSR count). The van der Waals surface area contributed by atoms with Crippen LogP contribution in [0.2, 0.25) is 0 Å². The smallest absolute Gasteiger partial charge is 0.223 e. The van der Waals surface area contributed by atoms with Crippen LogP contribution >= 0.6 is 0 Å². The summed E-state index contributed by atoms with van der Waals surface area (Å²) in [6, 6.07) is 14.6. The van der Waals surface area contributed by atoms with Gasteiger partial charge in [-0.15, -0.1) is 0 Å². The Hall–Kier alpha value is -3.21. The lowest BCUT2D eigenvalue weighted by Gasteiger charge is -2.07. The standard InChI is InChI=1S/C18H14N2O3/c1-23-15-6-4-13-11-19(18(21)16(13)10-15)14-5-7-17-12(9-14)3-2-8-20(17)22/h2-11,21H,1H3. The van der Waals surface area contributed by atoms with Crippen molar-refractivity contribution < 1.29 is 14.6 Å². The number of pyridine rings is 1. The molecule has 23 heavy (non-hydrogen) atoms. The monoisotopic (exact) mass is 306 g/mol. The summed E-state index contributed by atoms with van der Waals surface area (Å²) in [6.07, 6.45) is 3.33. The van der Waals surface area contributed by atoms with Crippen LogP contribution in [0.1, 0.15) is 0 Å². The third-order valence-electron chi connectivity index (χ3n) is 4.02. The summed E-state index contributed by atoms with van der Waals surface area (Å²) in [5, 5.41) is 24.7. The zero-order valence-electron chi connectivity index (χ0n) is 12.4. The average molecular weight is 306 g/mol. The second-order valence-electron chi connectivity index (χ2n) is 5.35. The molecule has 0 atom stereocenters. The number of methoxy groups -OCH3 is 1. The zero-order valence-corrected chi connectivity index (χ0v) is 12.4. The first-order valence-corrected chi connectivity index (χ1v) is 7.18. The Kier molecular flexibility index (Phi) is 2.87. The Balaban J connectivity index is 1.93. The zero-order chi connectivity index (χ0) is 16.0. The van der Waals surface area contributed by atoms with E-state index in [1.165, 1.54) is 6.20 Å². The normalized spacial score (nSPS) is 11.2. The fourth-order valence-electron chi connectivity index (χ4n) is 2.83. The summed E-state index contributed by atoms with van der Waals surface area (Å²) < 4.78 is 7.73. The summed E-state index contributed by atoms with van der Waals surface area (Å²) in [5.41, 5.74) is 1.38. The molecule has 5 nitrogen and oxygen atoms in total. The molecule has 0 aliphatic carbocycles. The van der Waals surface area contributed by atoms with E-state index < -0.39 is 0 Å². The van der Waals surface area contributed by atoms with Crippen molar-refractivity contribution >= 4 is 21.7 Å². The molecule has 0 amide bonds. The van der Waals surface area contributed by atoms with Gasteiger partial charge in [-0.05, 0) is 36.4 Å². The number of hydrogen-bond donors (Lipinski definition) is 1. The van der Waals surface area contributed by atoms with Gasteiger partial charge in [0, 0.05) is 40.2 Å². The molecule has 0 bridgehead atoms. The molecule has 0 unspecified atom stereocenters. The summed E-state index contributed by atoms with van der Waals surface area (Å²) in [7, 11) is 1.59. The van der Waals surface area contributed by atoms with E-state index in [4.69, 9.17) is 4.74 Å². The number of rotatable bonds is 2. The van der Waals surface area contributed by atoms with Gasteiger partial charge in [0.25, 0.3) is 0 Å². The van der Waals surface area contributed by atoms with E-state index in [-0.39, 0.29) is 5.88 Å². The third-order valence-corrected chi connectivity index (χ3v) is 4.02. The molecule has 2 aromatic carbocycles. The fourth-order valence-corrected chi connectivity index (χ4v) is 2.83. The maximum Gasteiger partial charge on any atom is 0.223 e. The molecular formula is C18H14N2O3. The molecule has 0 aliphatic rings. The largest absolute Gasteiger partial charge is 0.618 e. The first-order valence-electron chi connectivity index (χ1n) is 7.18. The number of aromatic hydroxyl groups is 1. The van der Waals surface area contributed by atoms with Crippen molar-refractivity contribution in [2.45, 2.75) is 0 Å². The Morgan fingerprint density at radius 1 is 1.09 bits per heavy atom. The molecule has 0 radical (unpaired) electrons. The second kappa shape index (κ2) is 4.91. The van der Waals surface area contributed by atoms with Crippen LogP contribution in [0.5, 0.6) is 11.6 Å². The van der Waals surface area contributed by atoms with E-state index in [0.29, 0.717) is 11.3 Å². The molecule has 0 aliphatic heterocycles. The number of nitrogens with zero attached hydrogens (tertiary/aromatic N) is 2. The minimum atomic E-state index is 0.143. The van der Waals surface area contributed by atoms with Crippen molar-refractivity contribution in [2.75, 3.05) is 7.11 Å². The quantitative estimate of drug-likeness (QED) is 0.457. The van der Waals surface area contributed by atoms with E-state index >= 15 is 0 Å². The molecule has 2 heterocycles. The van der Waals surface area contributed by atoms with Gasteiger partial charge in [-0.1, -0.05) is 0 Å². The van der Waals surface area contributed by atoms with Crippen molar-refractivity contribution in [2.24, 2.45) is 0 Å². The van der Waals surface area contributed by atoms with Crippen LogP contribution in [0.25, 0.3) is 27.4 Å². The fraction of sp³-hybridized carbons (Fsp3) is 0.0556. The van der Waals surface area contributed by atoms with Crippen LogP contribution in [0.4, 0.5) is 0 Å². The van der Waals surface area contributed by atoms with Gasteiger partial charge < -0.3 is 15.1 Å². The predicted octanol–water partition coefficient (Wildman–Crippen LogP) is 3.13. The average Bonchev–Trinajstić information content (AvgIpc) is 2.91. The van der Waals surface area contributed by atoms with Gasteiger partial charge in [0.1, 0.15) is 5.75 Å². The van der Waals surface area contributed by atoms with Gasteiger partial charge >= 0.3 is 0 Å². The summed E-state index contributed by atoms with van der Waals surface area (Å²) in [4.78, 5) is 0. The maximum absolute atomic E-state index is 11.8. The van der Waals surface area contributed by atoms with Crippen molar-refractivity contribution in [1.82, 2.24) is 4.57 Å². The van der Waals surface area contributed by atoms with E-state index in [1.54, 1.807) is 29.9 Å². The van der Waals surface area contributed by atoms with Crippen molar-refractivity contribution in [3.63, 3.8) is 0 Å². The van der Waals surface area contributed by atoms with Crippen LogP contribution in [0.3, 0.4) is 0 Å². The molecule has 0 spiro atoms. The third kappa shape index (κ3) is 2.05. The van der Waals surface area contributed by atoms with Crippen molar-refractivity contribution in [1.29, 1.82) is 0 Å². The highest BCUT2D eigenvalue weighted by Crippen LogP contribution is 2.33. The minimum absolute atomic E-state index is 0.143. The first kappa shape index (κ1) is 13.5. The molecular weight excluding hydrogens is 292 g/mol. The minimum Gasteiger partial charge on any atom is -0.618 e. The van der Waals surface area contributed by atoms with Gasteiger partial charge in [0.15, 0.2) is 6.20 Å². The van der Waals surface area contributed by atoms with E-state index in [0.717, 1.165) is 26.6 Å². The molecule has 0 saturated heterocycles. The molecule has 4 aromatic rings. The number of ether oxygens (including phenoxy) is 1. The van der Waals surface area contributed by atoms with Gasteiger partial charge in [0.2, 0.25) is 11.4 Å². The Labute approximate surface area is 132 Å². The topological polar surface area (TPSA) is 61.3 Å². The van der Waals surface area contributed by atoms with E-state index in [2.05, 4.69) is 0 Å². The Morgan fingerprint density at radius 3 is 2.78 bits per heavy atom. The molecule has 1 N–H and O–H groups in total. The van der Waals surface area contributed by atoms with Crippen LogP contribution in [-0.4, -0.2) is 16.8 Å². The molecule has 5 heteroatoms. The maximum atomic E-state index is 11.8. The SMILES string of the molecule is COc1ccc2cn(-c3ccc4c(ccc[n+]4[O-])c3)c(O)c2c1. The summed E-state index contributed by atoms with van der Waals surface area (Å²) in [5.74, 6) is 0.834. The van der Waals surface area contributed by atoms with Crippen LogP contribution in [0, 0.1) is 5.21 Å². The summed E-state index contributed by atoms with van der Waals surface area (Å²) in [6.45, 7) is 0. The lowest BCUT2D eigenvalue weighted by molar-refractivity contribution is -0.577. The lowest BCUT2D eigenvalue weighted by atomic mass is 10.2. The summed E-state index contributed by atoms with van der Waals surface area (Å²) >= 11 is 0. The predicted molar refractivity (Wildman–Crippen MR) is 88.0 cm³/mol. The van der Waals surface area contributed by atoms with Crippen LogP contribution in [-0.2, 0) is 0 Å². The van der Waals surface area contributed by atoms with Gasteiger partial charge in [-0.3, -0.25) is 4.57 Å². The number of fused-ring (bicyclic) bond motifs is 2. The highest BCUT2D eigenvalue weighted by molar-refractivity contribution is 5.90. The number of aromatic nitrogens is 2. The van der Waals surface area contributed by atoms with Gasteiger partial charge in [-0.25, -0.2) is 0 Å². The number of benzene rings is 2. The molecule has 2 aromatic heterocycles. The second-order valence-corrected chi connectivity index (χ2v) is 5.35. The molecule has 0 fully saturated rings. The van der Waals surface area contributed by atoms with Gasteiger partial charge in [-0.2, -0.15) is 4.73 Å². The van der Waals surface area contributed by atoms with Crippen LogP contribution in [0.15, 0.2) is 60.9 Å². The van der Waals surface area contributed by atoms with E-state index in [1.807, 2.05) is 36.5 Å². The first-order chi connectivity index (χ1) is 11.2. The van der Waals surface area contributed by atoms with Gasteiger partial charge in [0.05, 0.1) is 7.11 Å². The van der Waals surface area contributed by atoms with Crippen LogP contribution < -0.4 is 9.47 Å². The van der Waals surface area contributed by atoms with Crippen molar-refractivity contribution in [3.05, 3.63) is 66.1 Å². The lowest BCUT2D eigenvalue weighted by Crippen LogP contribution is -2.25.